The molecule has 1 unspecified atom stereocenters. The van der Waals surface area contributed by atoms with Gasteiger partial charge in [0.05, 0.1) is 16.9 Å². The first-order chi connectivity index (χ1) is 12.5. The van der Waals surface area contributed by atoms with Crippen LogP contribution in [0.3, 0.4) is 0 Å². The Morgan fingerprint density at radius 1 is 1.27 bits per heavy atom. The average molecular weight is 372 g/mol. The van der Waals surface area contributed by atoms with Crippen LogP contribution in [-0.4, -0.2) is 50.1 Å². The molecule has 0 bridgehead atoms. The monoisotopic (exact) mass is 372 g/mol. The molecule has 26 heavy (non-hydrogen) atoms. The van der Waals surface area contributed by atoms with Crippen molar-refractivity contribution >= 4 is 23.2 Å². The van der Waals surface area contributed by atoms with Crippen LogP contribution in [0.5, 0.6) is 0 Å². The van der Waals surface area contributed by atoms with Gasteiger partial charge >= 0.3 is 0 Å². The van der Waals surface area contributed by atoms with E-state index in [9.17, 15) is 9.59 Å². The van der Waals surface area contributed by atoms with Gasteiger partial charge in [-0.15, -0.1) is 11.3 Å². The SMILES string of the molecule is COCCNC(=O)C1(C)CCN(C(=O)c2cc(-c3ccccc3)cs2)C1. The molecule has 1 saturated heterocycles. The summed E-state index contributed by atoms with van der Waals surface area (Å²) in [7, 11) is 1.61. The van der Waals surface area contributed by atoms with Crippen LogP contribution in [0.2, 0.25) is 0 Å². The minimum Gasteiger partial charge on any atom is -0.383 e. The van der Waals surface area contributed by atoms with Crippen LogP contribution < -0.4 is 5.32 Å². The summed E-state index contributed by atoms with van der Waals surface area (Å²) in [6.45, 7) is 3.95. The number of hydrogen-bond donors (Lipinski definition) is 1. The number of ether oxygens (including phenoxy) is 1. The first-order valence-electron chi connectivity index (χ1n) is 8.74. The second kappa shape index (κ2) is 8.01. The Morgan fingerprint density at radius 2 is 2.04 bits per heavy atom. The van der Waals surface area contributed by atoms with Gasteiger partial charge < -0.3 is 15.0 Å². The number of rotatable bonds is 6. The molecule has 1 aromatic carbocycles. The normalized spacial score (nSPS) is 19.5. The summed E-state index contributed by atoms with van der Waals surface area (Å²) < 4.78 is 4.97. The van der Waals surface area contributed by atoms with E-state index in [0.29, 0.717) is 37.5 Å². The molecule has 1 aliphatic heterocycles. The standard InChI is InChI=1S/C20H24N2O3S/c1-20(19(24)21-9-11-25-2)8-10-22(14-20)18(23)17-12-16(13-26-17)15-6-4-3-5-7-15/h3-7,12-13H,8-11,14H2,1-2H3,(H,21,24). The maximum Gasteiger partial charge on any atom is 0.263 e. The lowest BCUT2D eigenvalue weighted by atomic mass is 9.89. The number of carbonyl (C=O) groups excluding carboxylic acids is 2. The molecule has 1 N–H and O–H groups in total. The molecule has 1 atom stereocenters. The Balaban J connectivity index is 1.64. The van der Waals surface area contributed by atoms with Gasteiger partial charge in [-0.2, -0.15) is 0 Å². The van der Waals surface area contributed by atoms with Crippen molar-refractivity contribution in [2.45, 2.75) is 13.3 Å². The van der Waals surface area contributed by atoms with Crippen LogP contribution in [-0.2, 0) is 9.53 Å². The van der Waals surface area contributed by atoms with Gasteiger partial charge in [-0.25, -0.2) is 0 Å². The van der Waals surface area contributed by atoms with Crippen LogP contribution >= 0.6 is 11.3 Å². The van der Waals surface area contributed by atoms with Crippen molar-refractivity contribution in [2.75, 3.05) is 33.4 Å². The summed E-state index contributed by atoms with van der Waals surface area (Å²) in [5.41, 5.74) is 1.62. The van der Waals surface area contributed by atoms with E-state index in [1.165, 1.54) is 11.3 Å². The largest absolute Gasteiger partial charge is 0.383 e. The Hall–Kier alpha value is -2.18. The molecule has 5 nitrogen and oxygen atoms in total. The van der Waals surface area contributed by atoms with E-state index in [1.54, 1.807) is 12.0 Å². The van der Waals surface area contributed by atoms with Gasteiger partial charge in [-0.05, 0) is 35.9 Å². The predicted octanol–water partition coefficient (Wildman–Crippen LogP) is 3.03. The fourth-order valence-corrected chi connectivity index (χ4v) is 4.07. The maximum atomic E-state index is 12.8. The maximum absolute atomic E-state index is 12.8. The summed E-state index contributed by atoms with van der Waals surface area (Å²) in [4.78, 5) is 27.8. The highest BCUT2D eigenvalue weighted by Crippen LogP contribution is 2.33. The van der Waals surface area contributed by atoms with E-state index in [0.717, 1.165) is 11.1 Å². The fourth-order valence-electron chi connectivity index (χ4n) is 3.19. The zero-order chi connectivity index (χ0) is 18.6. The van der Waals surface area contributed by atoms with Crippen molar-refractivity contribution in [3.63, 3.8) is 0 Å². The molecule has 2 heterocycles. The molecule has 0 saturated carbocycles. The molecule has 2 amide bonds. The van der Waals surface area contributed by atoms with E-state index in [2.05, 4.69) is 5.32 Å². The van der Waals surface area contributed by atoms with Crippen LogP contribution in [0.25, 0.3) is 11.1 Å². The molecule has 3 rings (SSSR count). The first kappa shape index (κ1) is 18.6. The lowest BCUT2D eigenvalue weighted by Gasteiger charge is -2.23. The number of nitrogens with zero attached hydrogens (tertiary/aromatic N) is 1. The van der Waals surface area contributed by atoms with Gasteiger partial charge in [-0.3, -0.25) is 9.59 Å². The van der Waals surface area contributed by atoms with Crippen LogP contribution in [0.15, 0.2) is 41.8 Å². The number of amides is 2. The van der Waals surface area contributed by atoms with E-state index in [-0.39, 0.29) is 11.8 Å². The van der Waals surface area contributed by atoms with E-state index < -0.39 is 5.41 Å². The highest BCUT2D eigenvalue weighted by molar-refractivity contribution is 7.12. The Kier molecular flexibility index (Phi) is 5.74. The molecular weight excluding hydrogens is 348 g/mol. The number of likely N-dealkylation sites (tertiary alicyclic amines) is 1. The van der Waals surface area contributed by atoms with Crippen molar-refractivity contribution in [1.82, 2.24) is 10.2 Å². The van der Waals surface area contributed by atoms with Crippen LogP contribution in [0, 0.1) is 5.41 Å². The van der Waals surface area contributed by atoms with Crippen LogP contribution in [0.4, 0.5) is 0 Å². The van der Waals surface area contributed by atoms with Crippen molar-refractivity contribution < 1.29 is 14.3 Å². The number of thiophene rings is 1. The predicted molar refractivity (Wildman–Crippen MR) is 103 cm³/mol. The second-order valence-corrected chi connectivity index (χ2v) is 7.76. The van der Waals surface area contributed by atoms with E-state index in [1.807, 2.05) is 48.7 Å². The smallest absolute Gasteiger partial charge is 0.263 e. The summed E-state index contributed by atoms with van der Waals surface area (Å²) in [6.07, 6.45) is 0.675. The Bertz CT molecular complexity index is 774. The number of nitrogens with one attached hydrogen (secondary N) is 1. The summed E-state index contributed by atoms with van der Waals surface area (Å²) in [6, 6.07) is 12.0. The summed E-state index contributed by atoms with van der Waals surface area (Å²) in [5.74, 6) is -0.00778. The molecule has 2 aromatic rings. The molecular formula is C20H24N2O3S. The summed E-state index contributed by atoms with van der Waals surface area (Å²) >= 11 is 1.46. The minimum absolute atomic E-state index is 0.00518. The second-order valence-electron chi connectivity index (χ2n) is 6.85. The van der Waals surface area contributed by atoms with Crippen molar-refractivity contribution in [3.8, 4) is 11.1 Å². The third-order valence-corrected chi connectivity index (χ3v) is 5.74. The Morgan fingerprint density at radius 3 is 2.77 bits per heavy atom. The zero-order valence-corrected chi connectivity index (χ0v) is 16.0. The number of hydrogen-bond acceptors (Lipinski definition) is 4. The molecule has 1 aliphatic rings. The molecule has 138 valence electrons. The van der Waals surface area contributed by atoms with Gasteiger partial charge in [0.25, 0.3) is 5.91 Å². The van der Waals surface area contributed by atoms with E-state index in [4.69, 9.17) is 4.74 Å². The third-order valence-electron chi connectivity index (χ3n) is 4.82. The number of carbonyl (C=O) groups is 2. The van der Waals surface area contributed by atoms with Crippen molar-refractivity contribution in [3.05, 3.63) is 46.7 Å². The van der Waals surface area contributed by atoms with Gasteiger partial charge in [0.2, 0.25) is 5.91 Å². The van der Waals surface area contributed by atoms with E-state index >= 15 is 0 Å². The molecule has 1 fully saturated rings. The summed E-state index contributed by atoms with van der Waals surface area (Å²) in [5, 5.41) is 4.90. The lowest BCUT2D eigenvalue weighted by molar-refractivity contribution is -0.129. The topological polar surface area (TPSA) is 58.6 Å². The highest BCUT2D eigenvalue weighted by atomic mass is 32.1. The average Bonchev–Trinajstić information content (AvgIpc) is 3.30. The zero-order valence-electron chi connectivity index (χ0n) is 15.2. The molecule has 0 aliphatic carbocycles. The molecule has 1 aromatic heterocycles. The number of benzene rings is 1. The quantitative estimate of drug-likeness (QED) is 0.793. The molecule has 0 radical (unpaired) electrons. The van der Waals surface area contributed by atoms with Crippen LogP contribution in [0.1, 0.15) is 23.0 Å². The van der Waals surface area contributed by atoms with Gasteiger partial charge in [0.1, 0.15) is 0 Å². The minimum atomic E-state index is -0.539. The van der Waals surface area contributed by atoms with Gasteiger partial charge in [0, 0.05) is 26.7 Å². The molecule has 6 heteroatoms. The van der Waals surface area contributed by atoms with Crippen molar-refractivity contribution in [2.24, 2.45) is 5.41 Å². The van der Waals surface area contributed by atoms with Gasteiger partial charge in [0.15, 0.2) is 0 Å². The van der Waals surface area contributed by atoms with Crippen molar-refractivity contribution in [1.29, 1.82) is 0 Å². The highest BCUT2D eigenvalue weighted by Gasteiger charge is 2.42. The first-order valence-corrected chi connectivity index (χ1v) is 9.62. The third kappa shape index (κ3) is 3.97. The number of methoxy groups -OCH3 is 1. The van der Waals surface area contributed by atoms with Gasteiger partial charge in [-0.1, -0.05) is 30.3 Å². The Labute approximate surface area is 158 Å². The fraction of sp³-hybridized carbons (Fsp3) is 0.400. The lowest BCUT2D eigenvalue weighted by Crippen LogP contribution is -2.42. The molecule has 0 spiro atoms.